The Hall–Kier alpha value is -2.10. The van der Waals surface area contributed by atoms with Crippen molar-refractivity contribution in [2.75, 3.05) is 6.61 Å². The molecule has 2 aliphatic rings. The number of rotatable bonds is 7. The van der Waals surface area contributed by atoms with Gasteiger partial charge in [0, 0.05) is 17.6 Å². The molecule has 0 N–H and O–H groups in total. The molecule has 2 heterocycles. The van der Waals surface area contributed by atoms with Gasteiger partial charge in [-0.05, 0) is 58.1 Å². The number of ether oxygens (including phenoxy) is 2. The van der Waals surface area contributed by atoms with Crippen LogP contribution in [0.4, 0.5) is 0 Å². The first-order valence-electron chi connectivity index (χ1n) is 8.53. The van der Waals surface area contributed by atoms with Gasteiger partial charge in [-0.15, -0.1) is 0 Å². The highest BCUT2D eigenvalue weighted by molar-refractivity contribution is 5.90. The third-order valence-electron chi connectivity index (χ3n) is 4.25. The highest BCUT2D eigenvalue weighted by Crippen LogP contribution is 2.24. The number of cyclic esters (lactones) is 2. The van der Waals surface area contributed by atoms with Crippen molar-refractivity contribution in [1.82, 2.24) is 0 Å². The summed E-state index contributed by atoms with van der Waals surface area (Å²) in [6.45, 7) is 6.47. The standard InChI is InChI=1S/C20H26O4/c1-14(2)6-4-8-16-10-11-18(24-20(16)22)15(3)7-5-9-17-12-13-23-19(17)21/h6-7,10,12,18H,4-5,8-9,11,13H2,1-3H3. The van der Waals surface area contributed by atoms with E-state index in [0.717, 1.165) is 42.4 Å². The molecule has 1 unspecified atom stereocenters. The lowest BCUT2D eigenvalue weighted by Crippen LogP contribution is -2.24. The van der Waals surface area contributed by atoms with Crippen molar-refractivity contribution in [1.29, 1.82) is 0 Å². The van der Waals surface area contributed by atoms with Crippen LogP contribution in [0.1, 0.15) is 52.9 Å². The summed E-state index contributed by atoms with van der Waals surface area (Å²) in [5.41, 5.74) is 3.81. The molecule has 4 nitrogen and oxygen atoms in total. The molecule has 4 heteroatoms. The summed E-state index contributed by atoms with van der Waals surface area (Å²) < 4.78 is 10.4. The Bertz CT molecular complexity index is 616. The second kappa shape index (κ2) is 8.67. The van der Waals surface area contributed by atoms with Crippen LogP contribution >= 0.6 is 0 Å². The highest BCUT2D eigenvalue weighted by atomic mass is 16.5. The lowest BCUT2D eigenvalue weighted by molar-refractivity contribution is -0.144. The van der Waals surface area contributed by atoms with E-state index >= 15 is 0 Å². The zero-order valence-electron chi connectivity index (χ0n) is 14.8. The Labute approximate surface area is 143 Å². The second-order valence-corrected chi connectivity index (χ2v) is 6.49. The van der Waals surface area contributed by atoms with Gasteiger partial charge in [-0.2, -0.15) is 0 Å². The summed E-state index contributed by atoms with van der Waals surface area (Å²) in [5, 5.41) is 0. The van der Waals surface area contributed by atoms with Gasteiger partial charge in [0.05, 0.1) is 0 Å². The number of carbonyl (C=O) groups excluding carboxylic acids is 2. The van der Waals surface area contributed by atoms with Crippen LogP contribution in [0.2, 0.25) is 0 Å². The van der Waals surface area contributed by atoms with E-state index in [4.69, 9.17) is 9.47 Å². The summed E-state index contributed by atoms with van der Waals surface area (Å²) in [6, 6.07) is 0. The molecule has 2 aliphatic heterocycles. The normalized spacial score (nSPS) is 21.0. The van der Waals surface area contributed by atoms with Crippen molar-refractivity contribution < 1.29 is 19.1 Å². The van der Waals surface area contributed by atoms with Crippen LogP contribution in [0.25, 0.3) is 0 Å². The third kappa shape index (κ3) is 5.22. The van der Waals surface area contributed by atoms with Gasteiger partial charge in [-0.1, -0.05) is 23.8 Å². The SMILES string of the molecule is CC(C)=CCCC1=CCC(C(C)=CCCC2=CCOC2=O)OC1=O. The molecular formula is C20H26O4. The quantitative estimate of drug-likeness (QED) is 0.519. The minimum absolute atomic E-state index is 0.186. The van der Waals surface area contributed by atoms with E-state index < -0.39 is 0 Å². The van der Waals surface area contributed by atoms with Crippen molar-refractivity contribution in [3.63, 3.8) is 0 Å². The fourth-order valence-electron chi connectivity index (χ4n) is 2.77. The molecule has 0 amide bonds. The number of esters is 2. The molecule has 1 atom stereocenters. The lowest BCUT2D eigenvalue weighted by atomic mass is 9.99. The molecule has 0 spiro atoms. The van der Waals surface area contributed by atoms with E-state index in [9.17, 15) is 9.59 Å². The summed E-state index contributed by atoms with van der Waals surface area (Å²) in [5.74, 6) is -0.419. The van der Waals surface area contributed by atoms with Gasteiger partial charge < -0.3 is 9.47 Å². The van der Waals surface area contributed by atoms with Gasteiger partial charge in [-0.25, -0.2) is 9.59 Å². The Kier molecular flexibility index (Phi) is 6.59. The minimum atomic E-state index is -0.214. The van der Waals surface area contributed by atoms with Gasteiger partial charge in [0.25, 0.3) is 0 Å². The van der Waals surface area contributed by atoms with Gasteiger partial charge in [0.1, 0.15) is 12.7 Å². The zero-order chi connectivity index (χ0) is 17.5. The Balaban J connectivity index is 1.83. The average molecular weight is 330 g/mol. The van der Waals surface area contributed by atoms with E-state index in [-0.39, 0.29) is 18.0 Å². The fraction of sp³-hybridized carbons (Fsp3) is 0.500. The van der Waals surface area contributed by atoms with Crippen LogP contribution in [-0.4, -0.2) is 24.6 Å². The molecule has 0 saturated carbocycles. The van der Waals surface area contributed by atoms with Crippen LogP contribution in [0, 0.1) is 0 Å². The molecule has 2 rings (SSSR count). The molecule has 0 aliphatic carbocycles. The van der Waals surface area contributed by atoms with Gasteiger partial charge in [0.15, 0.2) is 0 Å². The monoisotopic (exact) mass is 330 g/mol. The van der Waals surface area contributed by atoms with Crippen molar-refractivity contribution in [3.8, 4) is 0 Å². The summed E-state index contributed by atoms with van der Waals surface area (Å²) >= 11 is 0. The molecule has 0 aromatic rings. The van der Waals surface area contributed by atoms with Crippen LogP contribution < -0.4 is 0 Å². The highest BCUT2D eigenvalue weighted by Gasteiger charge is 2.23. The number of hydrogen-bond donors (Lipinski definition) is 0. The van der Waals surface area contributed by atoms with Gasteiger partial charge in [0.2, 0.25) is 0 Å². The van der Waals surface area contributed by atoms with Crippen LogP contribution in [0.5, 0.6) is 0 Å². The molecule has 130 valence electrons. The lowest BCUT2D eigenvalue weighted by Gasteiger charge is -2.23. The number of allylic oxidation sites excluding steroid dienone is 3. The predicted molar refractivity (Wildman–Crippen MR) is 93.3 cm³/mol. The van der Waals surface area contributed by atoms with E-state index in [1.54, 1.807) is 0 Å². The second-order valence-electron chi connectivity index (χ2n) is 6.49. The maximum atomic E-state index is 12.1. The molecule has 24 heavy (non-hydrogen) atoms. The van der Waals surface area contributed by atoms with Crippen molar-refractivity contribution in [2.45, 2.75) is 59.0 Å². The van der Waals surface area contributed by atoms with E-state index in [1.807, 2.05) is 25.2 Å². The van der Waals surface area contributed by atoms with Crippen LogP contribution in [-0.2, 0) is 19.1 Å². The minimum Gasteiger partial charge on any atom is -0.458 e. The third-order valence-corrected chi connectivity index (χ3v) is 4.25. The van der Waals surface area contributed by atoms with Crippen molar-refractivity contribution in [3.05, 3.63) is 46.6 Å². The first-order chi connectivity index (χ1) is 11.5. The smallest absolute Gasteiger partial charge is 0.334 e. The Morgan fingerprint density at radius 2 is 1.71 bits per heavy atom. The van der Waals surface area contributed by atoms with Crippen molar-refractivity contribution in [2.24, 2.45) is 0 Å². The Morgan fingerprint density at radius 1 is 1.04 bits per heavy atom. The molecular weight excluding hydrogens is 304 g/mol. The molecule has 0 aromatic carbocycles. The fourth-order valence-corrected chi connectivity index (χ4v) is 2.77. The summed E-state index contributed by atoms with van der Waals surface area (Å²) in [4.78, 5) is 23.5. The van der Waals surface area contributed by atoms with Crippen LogP contribution in [0.3, 0.4) is 0 Å². The molecule has 0 aromatic heterocycles. The first-order valence-corrected chi connectivity index (χ1v) is 8.53. The van der Waals surface area contributed by atoms with Gasteiger partial charge >= 0.3 is 11.9 Å². The average Bonchev–Trinajstić information content (AvgIpc) is 2.93. The van der Waals surface area contributed by atoms with Gasteiger partial charge in [-0.3, -0.25) is 0 Å². The Morgan fingerprint density at radius 3 is 2.29 bits per heavy atom. The molecule has 0 saturated heterocycles. The van der Waals surface area contributed by atoms with E-state index in [1.165, 1.54) is 5.57 Å². The largest absolute Gasteiger partial charge is 0.458 e. The predicted octanol–water partition coefficient (Wildman–Crippen LogP) is 4.18. The zero-order valence-corrected chi connectivity index (χ0v) is 14.8. The van der Waals surface area contributed by atoms with Crippen molar-refractivity contribution >= 4 is 11.9 Å². The maximum absolute atomic E-state index is 12.1. The number of hydrogen-bond acceptors (Lipinski definition) is 4. The molecule has 0 bridgehead atoms. The summed E-state index contributed by atoms with van der Waals surface area (Å²) in [6.07, 6.45) is 11.6. The molecule has 0 radical (unpaired) electrons. The first kappa shape index (κ1) is 18.2. The van der Waals surface area contributed by atoms with Crippen LogP contribution in [0.15, 0.2) is 46.6 Å². The summed E-state index contributed by atoms with van der Waals surface area (Å²) in [7, 11) is 0. The maximum Gasteiger partial charge on any atom is 0.334 e. The van der Waals surface area contributed by atoms with E-state index in [2.05, 4.69) is 19.9 Å². The van der Waals surface area contributed by atoms with E-state index in [0.29, 0.717) is 13.0 Å². The molecule has 0 fully saturated rings. The number of carbonyl (C=O) groups is 2. The topological polar surface area (TPSA) is 52.6 Å².